The van der Waals surface area contributed by atoms with E-state index in [1.54, 1.807) is 29.1 Å². The molecule has 0 bridgehead atoms. The third-order valence-electron chi connectivity index (χ3n) is 3.87. The summed E-state index contributed by atoms with van der Waals surface area (Å²) in [6.45, 7) is 0. The van der Waals surface area contributed by atoms with E-state index < -0.39 is 0 Å². The van der Waals surface area contributed by atoms with Crippen molar-refractivity contribution in [3.05, 3.63) is 77.0 Å². The quantitative estimate of drug-likeness (QED) is 0.534. The van der Waals surface area contributed by atoms with E-state index in [9.17, 15) is 9.59 Å². The van der Waals surface area contributed by atoms with Crippen molar-refractivity contribution in [3.63, 3.8) is 0 Å². The van der Waals surface area contributed by atoms with Crippen LogP contribution in [-0.4, -0.2) is 25.7 Å². The molecule has 2 heterocycles. The Kier molecular flexibility index (Phi) is 3.66. The zero-order valence-corrected chi connectivity index (χ0v) is 13.2. The molecule has 0 fully saturated rings. The van der Waals surface area contributed by atoms with Crippen LogP contribution in [0.4, 0.5) is 5.69 Å². The molecule has 0 aliphatic heterocycles. The molecular weight excluding hydrogens is 318 g/mol. The van der Waals surface area contributed by atoms with Crippen LogP contribution in [0.15, 0.2) is 65.7 Å². The molecule has 0 atom stereocenters. The number of rotatable bonds is 4. The third kappa shape index (κ3) is 3.20. The molecule has 0 unspecified atom stereocenters. The second-order valence-corrected chi connectivity index (χ2v) is 5.68. The van der Waals surface area contributed by atoms with Crippen molar-refractivity contribution in [1.29, 1.82) is 0 Å². The second-order valence-electron chi connectivity index (χ2n) is 5.68. The molecule has 0 aliphatic rings. The average Bonchev–Trinajstić information content (AvgIpc) is 3.23. The highest BCUT2D eigenvalue weighted by Gasteiger charge is 2.06. The van der Waals surface area contributed by atoms with E-state index in [1.165, 1.54) is 0 Å². The first-order chi connectivity index (χ1) is 12.2. The number of hydrogen-bond donors (Lipinski definition) is 3. The second kappa shape index (κ2) is 6.12. The molecule has 124 valence electrons. The number of anilines is 1. The number of nitrogens with one attached hydrogen (secondary N) is 3. The summed E-state index contributed by atoms with van der Waals surface area (Å²) < 4.78 is 1.76. The van der Waals surface area contributed by atoms with Gasteiger partial charge in [0.25, 0.3) is 0 Å². The van der Waals surface area contributed by atoms with E-state index in [0.29, 0.717) is 16.7 Å². The summed E-state index contributed by atoms with van der Waals surface area (Å²) >= 11 is 0. The number of H-pyrrole nitrogens is 2. The van der Waals surface area contributed by atoms with E-state index in [1.807, 2.05) is 36.5 Å². The van der Waals surface area contributed by atoms with Gasteiger partial charge in [-0.05, 0) is 42.0 Å². The van der Waals surface area contributed by atoms with E-state index in [-0.39, 0.29) is 18.0 Å². The summed E-state index contributed by atoms with van der Waals surface area (Å²) in [5.74, 6) is -0.121. The molecule has 4 aromatic rings. The normalized spacial score (nSPS) is 10.9. The van der Waals surface area contributed by atoms with Crippen LogP contribution in [0.5, 0.6) is 0 Å². The number of carbonyl (C=O) groups excluding carboxylic acids is 1. The van der Waals surface area contributed by atoms with Crippen LogP contribution in [0, 0.1) is 0 Å². The van der Waals surface area contributed by atoms with Crippen molar-refractivity contribution in [2.24, 2.45) is 0 Å². The van der Waals surface area contributed by atoms with Gasteiger partial charge in [0.2, 0.25) is 5.91 Å². The average molecular weight is 333 g/mol. The lowest BCUT2D eigenvalue weighted by atomic mass is 10.1. The predicted molar refractivity (Wildman–Crippen MR) is 94.8 cm³/mol. The highest BCUT2D eigenvalue weighted by atomic mass is 16.1. The summed E-state index contributed by atoms with van der Waals surface area (Å²) in [6, 6.07) is 14.7. The smallest absolute Gasteiger partial charge is 0.323 e. The number of aromatic amines is 2. The topological polar surface area (TPSA) is 95.6 Å². The monoisotopic (exact) mass is 333 g/mol. The van der Waals surface area contributed by atoms with Crippen molar-refractivity contribution < 1.29 is 4.79 Å². The molecule has 0 saturated carbocycles. The number of nitrogens with zero attached hydrogens (tertiary/aromatic N) is 2. The van der Waals surface area contributed by atoms with Gasteiger partial charge >= 0.3 is 5.69 Å². The maximum atomic E-state index is 12.2. The molecule has 1 amide bonds. The minimum absolute atomic E-state index is 0.121. The van der Waals surface area contributed by atoms with E-state index in [0.717, 1.165) is 11.3 Å². The van der Waals surface area contributed by atoms with Gasteiger partial charge in [-0.2, -0.15) is 5.10 Å². The minimum atomic E-state index is -0.268. The van der Waals surface area contributed by atoms with Gasteiger partial charge in [-0.25, -0.2) is 9.48 Å². The molecule has 4 rings (SSSR count). The Morgan fingerprint density at radius 3 is 2.64 bits per heavy atom. The Bertz CT molecular complexity index is 1070. The van der Waals surface area contributed by atoms with Gasteiger partial charge in [0.05, 0.1) is 23.1 Å². The van der Waals surface area contributed by atoms with Crippen LogP contribution in [-0.2, 0) is 11.2 Å². The number of benzene rings is 2. The molecule has 7 nitrogen and oxygen atoms in total. The highest BCUT2D eigenvalue weighted by Crippen LogP contribution is 2.15. The first-order valence-corrected chi connectivity index (χ1v) is 7.78. The van der Waals surface area contributed by atoms with Crippen LogP contribution >= 0.6 is 0 Å². The van der Waals surface area contributed by atoms with Crippen molar-refractivity contribution in [2.45, 2.75) is 6.42 Å². The lowest BCUT2D eigenvalue weighted by Gasteiger charge is -2.07. The number of fused-ring (bicyclic) bond motifs is 1. The Balaban J connectivity index is 1.45. The number of amides is 1. The SMILES string of the molecule is O=C(Cc1ccc(-n2cccn2)cc1)Nc1ccc2[nH]c(=O)[nH]c2c1. The number of carbonyl (C=O) groups is 1. The van der Waals surface area contributed by atoms with E-state index >= 15 is 0 Å². The number of hydrogen-bond acceptors (Lipinski definition) is 3. The fraction of sp³-hybridized carbons (Fsp3) is 0.0556. The minimum Gasteiger partial charge on any atom is -0.326 e. The molecule has 3 N–H and O–H groups in total. The number of aromatic nitrogens is 4. The van der Waals surface area contributed by atoms with Gasteiger partial charge in [-0.15, -0.1) is 0 Å². The fourth-order valence-electron chi connectivity index (χ4n) is 2.69. The van der Waals surface area contributed by atoms with Crippen molar-refractivity contribution in [1.82, 2.24) is 19.7 Å². The Morgan fingerprint density at radius 2 is 1.88 bits per heavy atom. The summed E-state index contributed by atoms with van der Waals surface area (Å²) in [4.78, 5) is 28.8. The Morgan fingerprint density at radius 1 is 1.08 bits per heavy atom. The largest absolute Gasteiger partial charge is 0.326 e. The maximum absolute atomic E-state index is 12.2. The van der Waals surface area contributed by atoms with E-state index in [4.69, 9.17) is 0 Å². The lowest BCUT2D eigenvalue weighted by molar-refractivity contribution is -0.115. The third-order valence-corrected chi connectivity index (χ3v) is 3.87. The number of imidazole rings is 1. The molecular formula is C18H15N5O2. The van der Waals surface area contributed by atoms with Crippen LogP contribution < -0.4 is 11.0 Å². The van der Waals surface area contributed by atoms with Gasteiger partial charge in [0.15, 0.2) is 0 Å². The van der Waals surface area contributed by atoms with Crippen molar-refractivity contribution in [3.8, 4) is 5.69 Å². The fourth-order valence-corrected chi connectivity index (χ4v) is 2.69. The van der Waals surface area contributed by atoms with Crippen LogP contribution in [0.25, 0.3) is 16.7 Å². The van der Waals surface area contributed by atoms with Gasteiger partial charge < -0.3 is 15.3 Å². The van der Waals surface area contributed by atoms with Crippen molar-refractivity contribution >= 4 is 22.6 Å². The maximum Gasteiger partial charge on any atom is 0.323 e. The zero-order valence-electron chi connectivity index (χ0n) is 13.2. The zero-order chi connectivity index (χ0) is 17.2. The lowest BCUT2D eigenvalue weighted by Crippen LogP contribution is -2.14. The molecule has 0 radical (unpaired) electrons. The molecule has 0 aliphatic carbocycles. The molecule has 7 heteroatoms. The molecule has 0 spiro atoms. The highest BCUT2D eigenvalue weighted by molar-refractivity contribution is 5.94. The van der Waals surface area contributed by atoms with E-state index in [2.05, 4.69) is 20.4 Å². The Labute approximate surface area is 142 Å². The van der Waals surface area contributed by atoms with Crippen molar-refractivity contribution in [2.75, 3.05) is 5.32 Å². The van der Waals surface area contributed by atoms with Crippen LogP contribution in [0.1, 0.15) is 5.56 Å². The van der Waals surface area contributed by atoms with Gasteiger partial charge in [-0.3, -0.25) is 4.79 Å². The molecule has 0 saturated heterocycles. The van der Waals surface area contributed by atoms with Crippen LogP contribution in [0.3, 0.4) is 0 Å². The summed E-state index contributed by atoms with van der Waals surface area (Å²) in [5.41, 5.74) is 3.58. The van der Waals surface area contributed by atoms with Gasteiger partial charge in [0, 0.05) is 18.1 Å². The Hall–Kier alpha value is -3.61. The molecule has 2 aromatic heterocycles. The summed E-state index contributed by atoms with van der Waals surface area (Å²) in [7, 11) is 0. The van der Waals surface area contributed by atoms with Gasteiger partial charge in [-0.1, -0.05) is 12.1 Å². The summed E-state index contributed by atoms with van der Waals surface area (Å²) in [5, 5.41) is 7.01. The first kappa shape index (κ1) is 14.9. The molecule has 25 heavy (non-hydrogen) atoms. The predicted octanol–water partition coefficient (Wildman–Crippen LogP) is 2.22. The standard InChI is InChI=1S/C18H15N5O2/c24-17(20-13-4-7-15-16(11-13)22-18(25)21-15)10-12-2-5-14(6-3-12)23-9-1-8-19-23/h1-9,11H,10H2,(H,20,24)(H2,21,22,25). The van der Waals surface area contributed by atoms with Gasteiger partial charge in [0.1, 0.15) is 0 Å². The first-order valence-electron chi connectivity index (χ1n) is 7.78. The van der Waals surface area contributed by atoms with Crippen LogP contribution in [0.2, 0.25) is 0 Å². The summed E-state index contributed by atoms with van der Waals surface area (Å²) in [6.07, 6.45) is 3.85. The molecule has 2 aromatic carbocycles.